The van der Waals surface area contributed by atoms with Gasteiger partial charge in [0.1, 0.15) is 34.9 Å². The number of nitrogens with zero attached hydrogens (tertiary/aromatic N) is 7. The number of amides is 3. The van der Waals surface area contributed by atoms with Crippen LogP contribution in [-0.4, -0.2) is 57.9 Å². The first-order chi connectivity index (χ1) is 28.8. The molecular formula is C42H40ClF2N9O6. The fourth-order valence-corrected chi connectivity index (χ4v) is 7.36. The van der Waals surface area contributed by atoms with Gasteiger partial charge in [-0.15, -0.1) is 0 Å². The number of carbonyl (C=O) groups excluding carboxylic acids is 3. The second-order valence-corrected chi connectivity index (χ2v) is 14.9. The number of carbonyl (C=O) groups is 3. The number of imidazole rings is 1. The summed E-state index contributed by atoms with van der Waals surface area (Å²) in [7, 11) is 1.67. The molecule has 1 aliphatic heterocycles. The fourth-order valence-electron chi connectivity index (χ4n) is 7.17. The Balaban J connectivity index is 0.927. The van der Waals surface area contributed by atoms with Crippen LogP contribution in [0, 0.1) is 25.5 Å². The van der Waals surface area contributed by atoms with Crippen molar-refractivity contribution in [2.24, 2.45) is 7.05 Å². The number of hydrogen-bond acceptors (Lipinski definition) is 10. The van der Waals surface area contributed by atoms with Crippen molar-refractivity contribution in [3.8, 4) is 22.8 Å². The van der Waals surface area contributed by atoms with Gasteiger partial charge in [0.25, 0.3) is 11.5 Å². The van der Waals surface area contributed by atoms with E-state index >= 15 is 0 Å². The third-order valence-electron chi connectivity index (χ3n) is 10.3. The molecule has 18 heteroatoms. The molecule has 7 rings (SSSR count). The number of benzene rings is 1. The Morgan fingerprint density at radius 1 is 0.950 bits per heavy atom. The molecule has 3 amide bonds. The molecular weight excluding hydrogens is 800 g/mol. The van der Waals surface area contributed by atoms with E-state index in [4.69, 9.17) is 16.3 Å². The summed E-state index contributed by atoms with van der Waals surface area (Å²) in [5.41, 5.74) is 3.66. The van der Waals surface area contributed by atoms with Crippen LogP contribution in [-0.2, 0) is 29.7 Å². The second kappa shape index (κ2) is 17.7. The Labute approximate surface area is 346 Å². The minimum atomic E-state index is -0.892. The maximum absolute atomic E-state index is 14.1. The normalized spacial score (nSPS) is 14.1. The highest BCUT2D eigenvalue weighted by molar-refractivity contribution is 6.31. The molecule has 60 heavy (non-hydrogen) atoms. The predicted octanol–water partition coefficient (Wildman–Crippen LogP) is 5.38. The fraction of sp³-hybridized carbons (Fsp3) is 0.310. The molecule has 0 radical (unpaired) electrons. The van der Waals surface area contributed by atoms with Crippen LogP contribution in [0.5, 0.6) is 5.75 Å². The summed E-state index contributed by atoms with van der Waals surface area (Å²) in [5, 5.41) is 4.94. The molecule has 15 nitrogen and oxygen atoms in total. The lowest BCUT2D eigenvalue weighted by Gasteiger charge is -2.21. The minimum absolute atomic E-state index is 0.00458. The van der Waals surface area contributed by atoms with Crippen LogP contribution in [0.4, 0.5) is 8.78 Å². The summed E-state index contributed by atoms with van der Waals surface area (Å²) < 4.78 is 37.3. The zero-order valence-corrected chi connectivity index (χ0v) is 33.7. The standard InChI is InChI=1S/C42H40ClF2N9O6/c1-23-20-48-29(19-33(23)53-24(2)16-35(37(43)41(53)58)60-22-30-27(45)18-26(44)21-49-30)28-13-15-46-38(50-28)40(57)47-14-7-5-4-6-8-25-9-10-31-34(17-25)52(3)42(59)54(31)32-11-12-36(55)51-39(32)56/h9-10,13,15-21,32H,4-8,11-12,14,22H2,1-3H3,(H,47,57)(H,51,55,56). The van der Waals surface area contributed by atoms with Gasteiger partial charge < -0.3 is 10.1 Å². The number of pyridine rings is 3. The molecule has 1 atom stereocenters. The smallest absolute Gasteiger partial charge is 0.329 e. The van der Waals surface area contributed by atoms with Crippen molar-refractivity contribution in [3.05, 3.63) is 127 Å². The Hall–Kier alpha value is -6.62. The molecule has 0 saturated carbocycles. The molecule has 1 fully saturated rings. The lowest BCUT2D eigenvalue weighted by molar-refractivity contribution is -0.135. The Kier molecular flexibility index (Phi) is 12.3. The predicted molar refractivity (Wildman–Crippen MR) is 217 cm³/mol. The van der Waals surface area contributed by atoms with E-state index in [1.807, 2.05) is 18.2 Å². The topological polar surface area (TPSA) is 185 Å². The quantitative estimate of drug-likeness (QED) is 0.107. The molecule has 0 spiro atoms. The molecule has 1 saturated heterocycles. The van der Waals surface area contributed by atoms with Crippen molar-refractivity contribution in [3.63, 3.8) is 0 Å². The highest BCUT2D eigenvalue weighted by Crippen LogP contribution is 2.28. The van der Waals surface area contributed by atoms with Crippen molar-refractivity contribution < 1.29 is 27.9 Å². The monoisotopic (exact) mass is 839 g/mol. The molecule has 310 valence electrons. The van der Waals surface area contributed by atoms with Crippen LogP contribution in [0.1, 0.15) is 77.7 Å². The summed E-state index contributed by atoms with van der Waals surface area (Å²) in [6, 6.07) is 10.5. The maximum atomic E-state index is 14.1. The summed E-state index contributed by atoms with van der Waals surface area (Å²) >= 11 is 6.43. The molecule has 6 heterocycles. The lowest BCUT2D eigenvalue weighted by Crippen LogP contribution is -2.44. The van der Waals surface area contributed by atoms with Gasteiger partial charge in [0, 0.05) is 50.2 Å². The van der Waals surface area contributed by atoms with E-state index in [9.17, 15) is 32.8 Å². The van der Waals surface area contributed by atoms with Gasteiger partial charge in [0.15, 0.2) is 5.82 Å². The zero-order valence-electron chi connectivity index (χ0n) is 32.9. The number of aryl methyl sites for hydroxylation is 4. The second-order valence-electron chi connectivity index (χ2n) is 14.5. The molecule has 1 unspecified atom stereocenters. The third kappa shape index (κ3) is 8.71. The van der Waals surface area contributed by atoms with Gasteiger partial charge >= 0.3 is 5.69 Å². The molecule has 2 N–H and O–H groups in total. The summed E-state index contributed by atoms with van der Waals surface area (Å²) in [5.74, 6) is -3.01. The number of imide groups is 1. The van der Waals surface area contributed by atoms with E-state index in [2.05, 4.69) is 30.6 Å². The summed E-state index contributed by atoms with van der Waals surface area (Å²) in [6.45, 7) is 3.48. The SMILES string of the molecule is Cc1cnc(-c2ccnc(C(=O)NCCCCCCc3ccc4c(c3)n(C)c(=O)n4C3CCC(=O)NC3=O)n2)cc1-n1c(C)cc(OCc2ncc(F)cc2F)c(Cl)c1=O. The van der Waals surface area contributed by atoms with Gasteiger partial charge in [0.2, 0.25) is 17.6 Å². The largest absolute Gasteiger partial charge is 0.485 e. The van der Waals surface area contributed by atoms with Crippen LogP contribution < -0.4 is 26.6 Å². The number of rotatable bonds is 14. The van der Waals surface area contributed by atoms with E-state index < -0.39 is 35.0 Å². The van der Waals surface area contributed by atoms with Crippen LogP contribution in [0.2, 0.25) is 5.02 Å². The Morgan fingerprint density at radius 2 is 1.75 bits per heavy atom. The zero-order chi connectivity index (χ0) is 42.7. The van der Waals surface area contributed by atoms with Gasteiger partial charge in [-0.3, -0.25) is 48.2 Å². The average molecular weight is 840 g/mol. The molecule has 5 aromatic heterocycles. The number of halogens is 3. The van der Waals surface area contributed by atoms with Crippen LogP contribution >= 0.6 is 11.6 Å². The number of hydrogen-bond donors (Lipinski definition) is 2. The van der Waals surface area contributed by atoms with Gasteiger partial charge in [-0.25, -0.2) is 23.5 Å². The number of aromatic nitrogens is 7. The molecule has 1 aromatic carbocycles. The summed E-state index contributed by atoms with van der Waals surface area (Å²) in [4.78, 5) is 80.5. The Morgan fingerprint density at radius 3 is 2.53 bits per heavy atom. The number of unbranched alkanes of at least 4 members (excludes halogenated alkanes) is 3. The number of piperidine rings is 1. The highest BCUT2D eigenvalue weighted by Gasteiger charge is 2.31. The van der Waals surface area contributed by atoms with Crippen molar-refractivity contribution in [2.75, 3.05) is 6.54 Å². The lowest BCUT2D eigenvalue weighted by atomic mass is 10.0. The van der Waals surface area contributed by atoms with Crippen molar-refractivity contribution >= 4 is 40.4 Å². The third-order valence-corrected chi connectivity index (χ3v) is 10.7. The van der Waals surface area contributed by atoms with Gasteiger partial charge in [0.05, 0.1) is 34.3 Å². The first-order valence-corrected chi connectivity index (χ1v) is 19.7. The van der Waals surface area contributed by atoms with E-state index in [0.717, 1.165) is 49.4 Å². The first-order valence-electron chi connectivity index (χ1n) is 19.3. The number of fused-ring (bicyclic) bond motifs is 1. The van der Waals surface area contributed by atoms with Crippen LogP contribution in [0.3, 0.4) is 0 Å². The van der Waals surface area contributed by atoms with Crippen molar-refractivity contribution in [1.82, 2.24) is 44.3 Å². The molecule has 6 aromatic rings. The van der Waals surface area contributed by atoms with Gasteiger partial charge in [-0.05, 0) is 74.9 Å². The number of nitrogens with one attached hydrogen (secondary N) is 2. The Bertz CT molecular complexity index is 2790. The molecule has 0 aliphatic carbocycles. The minimum Gasteiger partial charge on any atom is -0.485 e. The van der Waals surface area contributed by atoms with Crippen LogP contribution in [0.25, 0.3) is 28.1 Å². The van der Waals surface area contributed by atoms with E-state index in [0.29, 0.717) is 46.5 Å². The number of ether oxygens (including phenoxy) is 1. The first kappa shape index (κ1) is 41.5. The van der Waals surface area contributed by atoms with Crippen LogP contribution in [0.15, 0.2) is 70.6 Å². The highest BCUT2D eigenvalue weighted by atomic mass is 35.5. The van der Waals surface area contributed by atoms with E-state index in [1.54, 1.807) is 39.2 Å². The van der Waals surface area contributed by atoms with Gasteiger partial charge in [-0.2, -0.15) is 0 Å². The van der Waals surface area contributed by atoms with Gasteiger partial charge in [-0.1, -0.05) is 30.5 Å². The van der Waals surface area contributed by atoms with E-state index in [1.165, 1.54) is 26.0 Å². The molecule has 1 aliphatic rings. The van der Waals surface area contributed by atoms with E-state index in [-0.39, 0.29) is 53.3 Å². The summed E-state index contributed by atoms with van der Waals surface area (Å²) in [6.07, 6.45) is 8.54. The molecule has 0 bridgehead atoms. The van der Waals surface area contributed by atoms with Crippen molar-refractivity contribution in [1.29, 1.82) is 0 Å². The maximum Gasteiger partial charge on any atom is 0.329 e. The van der Waals surface area contributed by atoms with Crippen molar-refractivity contribution in [2.45, 2.75) is 71.4 Å². The average Bonchev–Trinajstić information content (AvgIpc) is 3.47.